The van der Waals surface area contributed by atoms with Crippen LogP contribution in [0, 0.1) is 11.3 Å². The van der Waals surface area contributed by atoms with Crippen LogP contribution in [0.15, 0.2) is 30.3 Å². The zero-order valence-electron chi connectivity index (χ0n) is 10.4. The van der Waals surface area contributed by atoms with Crippen molar-refractivity contribution in [1.29, 1.82) is 5.26 Å². The summed E-state index contributed by atoms with van der Waals surface area (Å²) in [5.41, 5.74) is 1.04. The van der Waals surface area contributed by atoms with E-state index in [1.807, 2.05) is 49.2 Å². The number of hydrogen-bond donors (Lipinski definition) is 0. The molecule has 17 heavy (non-hydrogen) atoms. The predicted octanol–water partition coefficient (Wildman–Crippen LogP) is 2.03. The molecule has 0 fully saturated rings. The van der Waals surface area contributed by atoms with Gasteiger partial charge >= 0.3 is 0 Å². The van der Waals surface area contributed by atoms with Crippen LogP contribution in [0.3, 0.4) is 0 Å². The molecule has 0 spiro atoms. The Labute approximate surface area is 103 Å². The lowest BCUT2D eigenvalue weighted by molar-refractivity contribution is -0.119. The predicted molar refractivity (Wildman–Crippen MR) is 67.5 cm³/mol. The molecule has 1 aromatic rings. The van der Waals surface area contributed by atoms with Gasteiger partial charge in [0.2, 0.25) is 0 Å². The van der Waals surface area contributed by atoms with Gasteiger partial charge in [-0.2, -0.15) is 5.26 Å². The molecule has 1 aromatic carbocycles. The maximum atomic E-state index is 11.8. The summed E-state index contributed by atoms with van der Waals surface area (Å²) >= 11 is 0. The number of Topliss-reactive ketones (excluding diaryl/α,β-unsaturated/α-hetero) is 1. The topological polar surface area (TPSA) is 44.1 Å². The Kier molecular flexibility index (Phi) is 5.38. The summed E-state index contributed by atoms with van der Waals surface area (Å²) in [5, 5.41) is 8.59. The zero-order chi connectivity index (χ0) is 12.7. The highest BCUT2D eigenvalue weighted by Gasteiger charge is 2.12. The molecule has 0 radical (unpaired) electrons. The number of ketones is 1. The average Bonchev–Trinajstić information content (AvgIpc) is 2.30. The third-order valence-corrected chi connectivity index (χ3v) is 2.81. The molecule has 0 N–H and O–H groups in total. The van der Waals surface area contributed by atoms with Crippen LogP contribution in [0.2, 0.25) is 0 Å². The van der Waals surface area contributed by atoms with Crippen molar-refractivity contribution in [2.24, 2.45) is 0 Å². The van der Waals surface area contributed by atoms with Gasteiger partial charge in [-0.25, -0.2) is 0 Å². The maximum Gasteiger partial charge on any atom is 0.151 e. The van der Waals surface area contributed by atoms with Crippen molar-refractivity contribution in [1.82, 2.24) is 4.90 Å². The van der Waals surface area contributed by atoms with E-state index in [1.165, 1.54) is 0 Å². The molecule has 0 amide bonds. The number of rotatable bonds is 6. The number of nitrogens with zero attached hydrogens (tertiary/aromatic N) is 2. The minimum absolute atomic E-state index is 0.125. The first kappa shape index (κ1) is 13.4. The summed E-state index contributed by atoms with van der Waals surface area (Å²) in [6.45, 7) is 2.36. The molecule has 0 aromatic heterocycles. The van der Waals surface area contributed by atoms with Gasteiger partial charge in [-0.15, -0.1) is 0 Å². The van der Waals surface area contributed by atoms with Gasteiger partial charge in [-0.05, 0) is 19.5 Å². The standard InChI is InChI=1S/C14H18N2O/c1-12(8-9-15)16(2)11-14(17)10-13-6-4-3-5-7-13/h3-7,12H,8,10-11H2,1-2H3. The third kappa shape index (κ3) is 4.80. The first-order valence-corrected chi connectivity index (χ1v) is 5.76. The fourth-order valence-corrected chi connectivity index (χ4v) is 1.60. The van der Waals surface area contributed by atoms with Crippen LogP contribution in [0.1, 0.15) is 18.9 Å². The van der Waals surface area contributed by atoms with E-state index in [2.05, 4.69) is 6.07 Å². The van der Waals surface area contributed by atoms with Crippen LogP contribution in [-0.2, 0) is 11.2 Å². The van der Waals surface area contributed by atoms with E-state index in [4.69, 9.17) is 5.26 Å². The Morgan fingerprint density at radius 2 is 2.06 bits per heavy atom. The number of nitriles is 1. The Balaban J connectivity index is 2.42. The number of hydrogen-bond acceptors (Lipinski definition) is 3. The molecule has 1 atom stereocenters. The van der Waals surface area contributed by atoms with Gasteiger partial charge in [0.25, 0.3) is 0 Å². The van der Waals surface area contributed by atoms with E-state index in [1.54, 1.807) is 0 Å². The lowest BCUT2D eigenvalue weighted by atomic mass is 10.1. The van der Waals surface area contributed by atoms with E-state index in [0.29, 0.717) is 19.4 Å². The molecule has 0 aliphatic carbocycles. The normalized spacial score (nSPS) is 12.1. The van der Waals surface area contributed by atoms with Crippen LogP contribution >= 0.6 is 0 Å². The molecule has 1 unspecified atom stereocenters. The smallest absolute Gasteiger partial charge is 0.151 e. The summed E-state index contributed by atoms with van der Waals surface area (Å²) in [5.74, 6) is 0.184. The molecular formula is C14H18N2O. The SMILES string of the molecule is CC(CC#N)N(C)CC(=O)Cc1ccccc1. The summed E-state index contributed by atoms with van der Waals surface area (Å²) < 4.78 is 0. The van der Waals surface area contributed by atoms with E-state index in [9.17, 15) is 4.79 Å². The Bertz CT molecular complexity index is 394. The molecule has 90 valence electrons. The summed E-state index contributed by atoms with van der Waals surface area (Å²) in [7, 11) is 1.88. The van der Waals surface area contributed by atoms with Crippen LogP contribution in [0.5, 0.6) is 0 Å². The first-order chi connectivity index (χ1) is 8.13. The highest BCUT2D eigenvalue weighted by molar-refractivity contribution is 5.82. The Morgan fingerprint density at radius 3 is 2.65 bits per heavy atom. The van der Waals surface area contributed by atoms with E-state index < -0.39 is 0 Å². The summed E-state index contributed by atoms with van der Waals surface area (Å²) in [6.07, 6.45) is 0.916. The first-order valence-electron chi connectivity index (χ1n) is 5.76. The van der Waals surface area contributed by atoms with Crippen molar-refractivity contribution in [2.45, 2.75) is 25.8 Å². The average molecular weight is 230 g/mol. The van der Waals surface area contributed by atoms with Crippen LogP contribution < -0.4 is 0 Å². The molecule has 0 aliphatic heterocycles. The zero-order valence-corrected chi connectivity index (χ0v) is 10.4. The van der Waals surface area contributed by atoms with Crippen molar-refractivity contribution in [3.05, 3.63) is 35.9 Å². The van der Waals surface area contributed by atoms with Gasteiger partial charge < -0.3 is 0 Å². The third-order valence-electron chi connectivity index (χ3n) is 2.81. The molecule has 0 aliphatic rings. The second-order valence-electron chi connectivity index (χ2n) is 4.33. The van der Waals surface area contributed by atoms with Gasteiger partial charge in [-0.3, -0.25) is 9.69 Å². The number of carbonyl (C=O) groups excluding carboxylic acids is 1. The maximum absolute atomic E-state index is 11.8. The lowest BCUT2D eigenvalue weighted by Crippen LogP contribution is -2.34. The van der Waals surface area contributed by atoms with Crippen molar-refractivity contribution < 1.29 is 4.79 Å². The minimum Gasteiger partial charge on any atom is -0.298 e. The lowest BCUT2D eigenvalue weighted by Gasteiger charge is -2.21. The highest BCUT2D eigenvalue weighted by Crippen LogP contribution is 2.04. The minimum atomic E-state index is 0.125. The van der Waals surface area contributed by atoms with Crippen molar-refractivity contribution >= 4 is 5.78 Å². The molecular weight excluding hydrogens is 212 g/mol. The van der Waals surface area contributed by atoms with E-state index in [0.717, 1.165) is 5.56 Å². The van der Waals surface area contributed by atoms with E-state index >= 15 is 0 Å². The van der Waals surface area contributed by atoms with Gasteiger partial charge in [0, 0.05) is 12.5 Å². The van der Waals surface area contributed by atoms with Crippen LogP contribution in [0.4, 0.5) is 0 Å². The molecule has 0 heterocycles. The van der Waals surface area contributed by atoms with Crippen molar-refractivity contribution in [3.63, 3.8) is 0 Å². The summed E-state index contributed by atoms with van der Waals surface area (Å²) in [6, 6.07) is 12.0. The molecule has 0 saturated heterocycles. The number of carbonyl (C=O) groups is 1. The Morgan fingerprint density at radius 1 is 1.41 bits per heavy atom. The fourth-order valence-electron chi connectivity index (χ4n) is 1.60. The number of benzene rings is 1. The fraction of sp³-hybridized carbons (Fsp3) is 0.429. The van der Waals surface area contributed by atoms with Gasteiger partial charge in [0.05, 0.1) is 19.0 Å². The molecule has 0 bridgehead atoms. The molecule has 3 nitrogen and oxygen atoms in total. The van der Waals surface area contributed by atoms with Crippen molar-refractivity contribution in [2.75, 3.05) is 13.6 Å². The van der Waals surface area contributed by atoms with E-state index in [-0.39, 0.29) is 11.8 Å². The summed E-state index contributed by atoms with van der Waals surface area (Å²) in [4.78, 5) is 13.7. The van der Waals surface area contributed by atoms with Gasteiger partial charge in [0.15, 0.2) is 5.78 Å². The number of likely N-dealkylation sites (N-methyl/N-ethyl adjacent to an activating group) is 1. The quantitative estimate of drug-likeness (QED) is 0.751. The Hall–Kier alpha value is -1.66. The molecule has 0 saturated carbocycles. The largest absolute Gasteiger partial charge is 0.298 e. The highest BCUT2D eigenvalue weighted by atomic mass is 16.1. The second kappa shape index (κ2) is 6.82. The monoisotopic (exact) mass is 230 g/mol. The second-order valence-corrected chi connectivity index (χ2v) is 4.33. The van der Waals surface area contributed by atoms with Gasteiger partial charge in [-0.1, -0.05) is 30.3 Å². The van der Waals surface area contributed by atoms with Gasteiger partial charge in [0.1, 0.15) is 0 Å². The van der Waals surface area contributed by atoms with Crippen LogP contribution in [0.25, 0.3) is 0 Å². The molecule has 1 rings (SSSR count). The molecule has 3 heteroatoms. The van der Waals surface area contributed by atoms with Crippen LogP contribution in [-0.4, -0.2) is 30.3 Å². The van der Waals surface area contributed by atoms with Crippen molar-refractivity contribution in [3.8, 4) is 6.07 Å².